The molecule has 3 aromatic heterocycles. The van der Waals surface area contributed by atoms with Crippen LogP contribution < -0.4 is 20.0 Å². The minimum atomic E-state index is -0.496. The molecular weight excluding hydrogens is 1810 g/mol. The molecule has 9 heterocycles. The average Bonchev–Trinajstić information content (AvgIpc) is 1.43. The van der Waals surface area contributed by atoms with Crippen LogP contribution in [0.3, 0.4) is 0 Å². The van der Waals surface area contributed by atoms with Gasteiger partial charge in [-0.25, -0.2) is 0 Å². The molecule has 0 saturated carbocycles. The Morgan fingerprint density at radius 2 is 0.473 bits per heavy atom. The molecule has 148 heavy (non-hydrogen) atoms. The van der Waals surface area contributed by atoms with Crippen LogP contribution >= 0.6 is 11.8 Å². The zero-order chi connectivity index (χ0) is 98.2. The first-order chi connectivity index (χ1) is 73.0. The third kappa shape index (κ3) is 12.9. The molecule has 1 N–H and O–H groups in total. The summed E-state index contributed by atoms with van der Waals surface area (Å²) in [5.41, 5.74) is 46.1. The maximum Gasteiger partial charge on any atom is 0.0742 e. The first-order valence-corrected chi connectivity index (χ1v) is 52.2. The second-order valence-corrected chi connectivity index (χ2v) is 42.0. The highest BCUT2D eigenvalue weighted by Crippen LogP contribution is 2.62. The maximum atomic E-state index is 3.72. The Hall–Kier alpha value is -18.2. The first-order valence-electron chi connectivity index (χ1n) is 51.4. The van der Waals surface area contributed by atoms with E-state index in [-0.39, 0.29) is 10.8 Å². The van der Waals surface area contributed by atoms with Gasteiger partial charge in [0.05, 0.1) is 106 Å². The SMILES string of the molecule is CC1(C)c2ccccc2-n2c3ccc(-c4ccc5c(c4)Nc4ccccc4N5c4ccccc4)cc3c3cccc1c32.CC1(C)c2ccccc2-n2c3ccc(-c4ccc5c(c4)Sc4ccccc4N5c4ccccc4)cc3c3cccc1c32.c1ccc(C2(c3ccccc3)c3ccccc3N(c3ccc(-c4ccc5c(c4)c4cccc6c4n5-c4ccccc4C6(c4ccccc4)c4ccccc4)cc3)c3ccccc32)cc1. The fourth-order valence-electron chi connectivity index (χ4n) is 26.0. The average molecular weight is 1910 g/mol. The van der Waals surface area contributed by atoms with Crippen LogP contribution in [0.4, 0.5) is 62.6 Å². The molecule has 0 spiro atoms. The summed E-state index contributed by atoms with van der Waals surface area (Å²) in [6, 6.07) is 192. The summed E-state index contributed by atoms with van der Waals surface area (Å²) in [6.07, 6.45) is 0. The second-order valence-electron chi connectivity index (χ2n) is 41.0. The Bertz CT molecular complexity index is 9230. The van der Waals surface area contributed by atoms with E-state index < -0.39 is 10.8 Å². The number of aromatic nitrogens is 3. The van der Waals surface area contributed by atoms with Gasteiger partial charge in [-0.1, -0.05) is 410 Å². The van der Waals surface area contributed by atoms with Crippen LogP contribution in [0.15, 0.2) is 531 Å². The van der Waals surface area contributed by atoms with Gasteiger partial charge >= 0.3 is 0 Å². The highest BCUT2D eigenvalue weighted by atomic mass is 32.2. The molecule has 6 aliphatic rings. The van der Waals surface area contributed by atoms with Gasteiger partial charge in [0.15, 0.2) is 0 Å². The molecule has 7 nitrogen and oxygen atoms in total. The van der Waals surface area contributed by atoms with Gasteiger partial charge in [-0.05, 0) is 252 Å². The molecule has 0 fully saturated rings. The van der Waals surface area contributed by atoms with Gasteiger partial charge in [-0.2, -0.15) is 0 Å². The molecule has 0 unspecified atom stereocenters. The van der Waals surface area contributed by atoms with E-state index >= 15 is 0 Å². The molecule has 0 bridgehead atoms. The van der Waals surface area contributed by atoms with Crippen molar-refractivity contribution in [3.63, 3.8) is 0 Å². The van der Waals surface area contributed by atoms with Crippen LogP contribution in [0.1, 0.15) is 94.5 Å². The highest BCUT2D eigenvalue weighted by Gasteiger charge is 2.49. The highest BCUT2D eigenvalue weighted by molar-refractivity contribution is 7.99. The Balaban J connectivity index is 0.000000108. The standard InChI is InChI=1S/C62H42N2.C39H29N3.C39H28N2S/c1-5-20-45(21-6-1)61(46-22-7-2-8-23-46)52-29-13-16-33-57(52)63(58-34-17-14-30-53(58)61)49-39-36-43(37-40-49)44-38-41-56-51(42-44)50-28-19-32-55-60(50)64(56)59-35-18-15-31-54(59)62(55,47-24-9-3-10-25-47)48-26-11-4-12-27-48;1-39(2)30-14-6-8-17-35(30)42-34-21-19-25(23-29(34)28-13-10-15-31(39)38(28)42)26-20-22-37-33(24-26)40-32-16-7-9-18-36(32)41(37)27-11-4-3-5-12-27;1-39(2)30-14-6-7-16-33(30)41-32-21-19-25(23-29(32)28-13-10-15-31(39)38(28)41)26-20-22-35-37(24-26)42-36-18-9-8-17-34(36)40(35)27-11-4-3-5-12-27/h1-42H;3-24,40H,1-2H3;3-24H,1-2H3. The van der Waals surface area contributed by atoms with Crippen molar-refractivity contribution in [1.82, 2.24) is 13.7 Å². The Kier molecular flexibility index (Phi) is 19.7. The van der Waals surface area contributed by atoms with Crippen molar-refractivity contribution in [1.29, 1.82) is 0 Å². The molecule has 8 heteroatoms. The van der Waals surface area contributed by atoms with Crippen LogP contribution in [0.5, 0.6) is 0 Å². The van der Waals surface area contributed by atoms with Crippen LogP contribution in [-0.4, -0.2) is 13.7 Å². The molecule has 0 radical (unpaired) electrons. The number of rotatable bonds is 10. The minimum Gasteiger partial charge on any atom is -0.352 e. The zero-order valence-corrected chi connectivity index (χ0v) is 83.1. The normalized spacial score (nSPS) is 14.3. The molecule has 0 aliphatic carbocycles. The van der Waals surface area contributed by atoms with Crippen LogP contribution in [0.25, 0.3) is 116 Å². The monoisotopic (exact) mass is 1910 g/mol. The molecule has 6 aliphatic heterocycles. The molecule has 700 valence electrons. The summed E-state index contributed by atoms with van der Waals surface area (Å²) < 4.78 is 7.48. The second kappa shape index (κ2) is 33.7. The van der Waals surface area contributed by atoms with Crippen molar-refractivity contribution in [2.24, 2.45) is 0 Å². The van der Waals surface area contributed by atoms with Gasteiger partial charge in [0.25, 0.3) is 0 Å². The zero-order valence-electron chi connectivity index (χ0n) is 82.2. The van der Waals surface area contributed by atoms with Crippen molar-refractivity contribution >= 4 is 140 Å². The molecule has 31 rings (SSSR count). The molecule has 0 amide bonds. The van der Waals surface area contributed by atoms with Gasteiger partial charge in [0.2, 0.25) is 0 Å². The topological polar surface area (TPSA) is 36.5 Å². The summed E-state index contributed by atoms with van der Waals surface area (Å²) in [4.78, 5) is 9.73. The largest absolute Gasteiger partial charge is 0.352 e. The van der Waals surface area contributed by atoms with E-state index in [9.17, 15) is 0 Å². The van der Waals surface area contributed by atoms with Gasteiger partial charge in [-0.3, -0.25) is 0 Å². The smallest absolute Gasteiger partial charge is 0.0742 e. The number of fused-ring (bicyclic) bond motifs is 21. The minimum absolute atomic E-state index is 0.0556. The van der Waals surface area contributed by atoms with E-state index in [2.05, 4.69) is 583 Å². The van der Waals surface area contributed by atoms with Crippen LogP contribution in [-0.2, 0) is 21.7 Å². The van der Waals surface area contributed by atoms with Gasteiger partial charge in [-0.15, -0.1) is 0 Å². The lowest BCUT2D eigenvalue weighted by molar-refractivity contribution is 0.630. The van der Waals surface area contributed by atoms with Crippen molar-refractivity contribution in [2.75, 3.05) is 20.0 Å². The number of para-hydroxylation sites is 13. The van der Waals surface area contributed by atoms with E-state index in [1.807, 2.05) is 11.8 Å². The first kappa shape index (κ1) is 86.5. The van der Waals surface area contributed by atoms with E-state index in [1.54, 1.807) is 0 Å². The Morgan fingerprint density at radius 3 is 0.939 bits per heavy atom. The number of anilines is 11. The van der Waals surface area contributed by atoms with Crippen molar-refractivity contribution in [3.8, 4) is 50.4 Å². The third-order valence-corrected chi connectivity index (χ3v) is 33.7. The predicted octanol–water partition coefficient (Wildman–Crippen LogP) is 37.0. The Labute approximate surface area is 865 Å². The van der Waals surface area contributed by atoms with Gasteiger partial charge in [0, 0.05) is 70.0 Å². The molecular formula is C140H99N7S. The summed E-state index contributed by atoms with van der Waals surface area (Å²) in [5, 5.41) is 11.5. The van der Waals surface area contributed by atoms with Gasteiger partial charge < -0.3 is 33.7 Å². The summed E-state index contributed by atoms with van der Waals surface area (Å²) >= 11 is 1.86. The van der Waals surface area contributed by atoms with E-state index in [1.165, 1.54) is 221 Å². The number of nitrogens with zero attached hydrogens (tertiary/aromatic N) is 6. The lowest BCUT2D eigenvalue weighted by Crippen LogP contribution is -2.37. The van der Waals surface area contributed by atoms with Crippen LogP contribution in [0, 0.1) is 0 Å². The van der Waals surface area contributed by atoms with Gasteiger partial charge in [0.1, 0.15) is 0 Å². The molecule has 0 saturated heterocycles. The van der Waals surface area contributed by atoms with E-state index in [0.29, 0.717) is 0 Å². The molecule has 0 atom stereocenters. The molecule has 25 aromatic rings. The lowest BCUT2D eigenvalue weighted by atomic mass is 9.62. The van der Waals surface area contributed by atoms with Crippen molar-refractivity contribution in [2.45, 2.75) is 59.1 Å². The Morgan fingerprint density at radius 1 is 0.182 bits per heavy atom. The fraction of sp³-hybridized carbons (Fsp3) is 0.0571. The van der Waals surface area contributed by atoms with Crippen molar-refractivity contribution < 1.29 is 0 Å². The van der Waals surface area contributed by atoms with Crippen molar-refractivity contribution in [3.05, 3.63) is 588 Å². The quantitative estimate of drug-likeness (QED) is 0.148. The summed E-state index contributed by atoms with van der Waals surface area (Å²) in [6.45, 7) is 9.41. The number of nitrogens with one attached hydrogen (secondary N) is 1. The molecule has 22 aromatic carbocycles. The fourth-order valence-corrected chi connectivity index (χ4v) is 27.1. The third-order valence-electron chi connectivity index (χ3n) is 32.6. The number of benzene rings is 22. The van der Waals surface area contributed by atoms with Crippen LogP contribution in [0.2, 0.25) is 0 Å². The van der Waals surface area contributed by atoms with E-state index in [0.717, 1.165) is 34.1 Å². The number of hydrogen-bond acceptors (Lipinski definition) is 5. The number of hydrogen-bond donors (Lipinski definition) is 1. The summed E-state index contributed by atoms with van der Waals surface area (Å²) in [5.74, 6) is 0. The summed E-state index contributed by atoms with van der Waals surface area (Å²) in [7, 11) is 0. The maximum absolute atomic E-state index is 3.72. The van der Waals surface area contributed by atoms with E-state index in [4.69, 9.17) is 0 Å². The lowest BCUT2D eigenvalue weighted by Gasteiger charge is -2.46. The predicted molar refractivity (Wildman–Crippen MR) is 618 cm³/mol.